The Kier molecular flexibility index (Phi) is 11.2. The number of carbonyl (C=O) groups is 1. The van der Waals surface area contributed by atoms with Crippen molar-refractivity contribution in [3.05, 3.63) is 84.5 Å². The third kappa shape index (κ3) is 8.35. The van der Waals surface area contributed by atoms with Crippen LogP contribution < -0.4 is 4.74 Å². The summed E-state index contributed by atoms with van der Waals surface area (Å²) in [5.74, 6) is 1.24. The Balaban J connectivity index is 0.00000187. The molecule has 0 aliphatic heterocycles. The van der Waals surface area contributed by atoms with Crippen LogP contribution in [0.5, 0.6) is 5.75 Å². The zero-order chi connectivity index (χ0) is 24.1. The number of unbranched alkanes of at least 4 members (excludes halogenated alkanes) is 3. The van der Waals surface area contributed by atoms with E-state index in [0.717, 1.165) is 35.3 Å². The molecule has 0 unspecified atom stereocenters. The zero-order valence-corrected chi connectivity index (χ0v) is 21.0. The molecule has 0 saturated heterocycles. The summed E-state index contributed by atoms with van der Waals surface area (Å²) in [7, 11) is 0. The maximum Gasteiger partial charge on any atom is 0.137 e. The minimum atomic E-state index is 0.102. The second-order valence-electron chi connectivity index (χ2n) is 9.52. The summed E-state index contributed by atoms with van der Waals surface area (Å²) in [5, 5.41) is 0. The van der Waals surface area contributed by atoms with Crippen molar-refractivity contribution in [3.63, 3.8) is 0 Å². The maximum atomic E-state index is 12.3. The maximum absolute atomic E-state index is 12.3. The van der Waals surface area contributed by atoms with Gasteiger partial charge in [0.1, 0.15) is 18.1 Å². The molecule has 0 aromatic heterocycles. The van der Waals surface area contributed by atoms with Crippen molar-refractivity contribution < 1.29 is 9.53 Å². The van der Waals surface area contributed by atoms with Crippen molar-refractivity contribution in [2.75, 3.05) is 0 Å². The van der Waals surface area contributed by atoms with Crippen molar-refractivity contribution in [3.8, 4) is 5.75 Å². The Hall–Kier alpha value is -2.61. The van der Waals surface area contributed by atoms with Gasteiger partial charge in [-0.1, -0.05) is 95.0 Å². The number of benzene rings is 2. The van der Waals surface area contributed by atoms with Gasteiger partial charge in [0.2, 0.25) is 0 Å². The molecular formula is C31H42O2. The Morgan fingerprint density at radius 2 is 1.76 bits per heavy atom. The highest BCUT2D eigenvalue weighted by atomic mass is 16.5. The van der Waals surface area contributed by atoms with Crippen molar-refractivity contribution in [2.24, 2.45) is 0 Å². The topological polar surface area (TPSA) is 26.3 Å². The van der Waals surface area contributed by atoms with Gasteiger partial charge in [0, 0.05) is 18.4 Å². The highest BCUT2D eigenvalue weighted by molar-refractivity contribution is 5.92. The van der Waals surface area contributed by atoms with E-state index in [0.29, 0.717) is 25.2 Å². The van der Waals surface area contributed by atoms with Crippen LogP contribution in [0.4, 0.5) is 0 Å². The lowest BCUT2D eigenvalue weighted by molar-refractivity contribution is -0.118. The largest absolute Gasteiger partial charge is 0.488 e. The second-order valence-corrected chi connectivity index (χ2v) is 9.52. The molecular weight excluding hydrogens is 404 g/mol. The number of ether oxygens (including phenoxy) is 1. The Morgan fingerprint density at radius 1 is 1.00 bits per heavy atom. The normalized spacial score (nSPS) is 14.0. The average molecular weight is 447 g/mol. The molecule has 2 aromatic carbocycles. The molecule has 3 rings (SSSR count). The summed E-state index contributed by atoms with van der Waals surface area (Å²) in [6.45, 7) is 13.5. The molecule has 0 amide bonds. The fourth-order valence-corrected chi connectivity index (χ4v) is 4.36. The fraction of sp³-hybridized carbons (Fsp3) is 0.452. The quantitative estimate of drug-likeness (QED) is 0.269. The van der Waals surface area contributed by atoms with Crippen LogP contribution in [0.15, 0.2) is 67.8 Å². The van der Waals surface area contributed by atoms with Crippen LogP contribution in [0.25, 0.3) is 5.57 Å². The Labute approximate surface area is 201 Å². The van der Waals surface area contributed by atoms with Crippen LogP contribution in [0.3, 0.4) is 0 Å². The van der Waals surface area contributed by atoms with Crippen molar-refractivity contribution >= 4 is 11.4 Å². The lowest BCUT2D eigenvalue weighted by Gasteiger charge is -2.27. The predicted octanol–water partition coefficient (Wildman–Crippen LogP) is 8.84. The van der Waals surface area contributed by atoms with E-state index in [2.05, 4.69) is 70.3 Å². The first kappa shape index (κ1) is 26.6. The van der Waals surface area contributed by atoms with Gasteiger partial charge >= 0.3 is 0 Å². The Morgan fingerprint density at radius 3 is 2.48 bits per heavy atom. The number of hydrogen-bond donors (Lipinski definition) is 0. The van der Waals surface area contributed by atoms with E-state index < -0.39 is 0 Å². The third-order valence-electron chi connectivity index (χ3n) is 6.44. The van der Waals surface area contributed by atoms with E-state index in [1.165, 1.54) is 37.7 Å². The van der Waals surface area contributed by atoms with Gasteiger partial charge < -0.3 is 4.74 Å². The smallest absolute Gasteiger partial charge is 0.137 e. The highest BCUT2D eigenvalue weighted by Crippen LogP contribution is 2.37. The summed E-state index contributed by atoms with van der Waals surface area (Å²) in [4.78, 5) is 12.3. The standard InChI is InChI=1S/C29H38O2.C2H4/c1-4-5-6-12-19-29(2,3)25-17-18-27(24-15-10-11-16-26(30)20-24)28(21-25)31-22-23-13-8-7-9-14-23;1-2/h7-9,13-15,17-18,21H,4-6,10-12,16,19-20,22H2,1-3H3;1-2H2. The second kappa shape index (κ2) is 13.8. The summed E-state index contributed by atoms with van der Waals surface area (Å²) in [5.41, 5.74) is 4.78. The van der Waals surface area contributed by atoms with E-state index in [9.17, 15) is 4.79 Å². The molecule has 0 fully saturated rings. The molecule has 2 aromatic rings. The van der Waals surface area contributed by atoms with Crippen LogP contribution in [-0.4, -0.2) is 5.78 Å². The number of rotatable bonds is 10. The van der Waals surface area contributed by atoms with Gasteiger partial charge in [0.15, 0.2) is 0 Å². The molecule has 0 atom stereocenters. The molecule has 2 heteroatoms. The number of hydrogen-bond acceptors (Lipinski definition) is 2. The van der Waals surface area contributed by atoms with Gasteiger partial charge in [-0.3, -0.25) is 4.79 Å². The number of carbonyl (C=O) groups excluding carboxylic acids is 1. The van der Waals surface area contributed by atoms with E-state index in [4.69, 9.17) is 4.74 Å². The molecule has 0 spiro atoms. The van der Waals surface area contributed by atoms with Gasteiger partial charge in [0.25, 0.3) is 0 Å². The van der Waals surface area contributed by atoms with Gasteiger partial charge in [-0.2, -0.15) is 0 Å². The minimum Gasteiger partial charge on any atom is -0.488 e. The average Bonchev–Trinajstić information content (AvgIpc) is 3.06. The number of allylic oxidation sites excluding steroid dienone is 2. The van der Waals surface area contributed by atoms with E-state index in [-0.39, 0.29) is 5.41 Å². The van der Waals surface area contributed by atoms with Crippen LogP contribution in [-0.2, 0) is 16.8 Å². The fourth-order valence-electron chi connectivity index (χ4n) is 4.36. The zero-order valence-electron chi connectivity index (χ0n) is 21.0. The predicted molar refractivity (Wildman–Crippen MR) is 142 cm³/mol. The number of ketones is 1. The van der Waals surface area contributed by atoms with Gasteiger partial charge in [-0.15, -0.1) is 13.2 Å². The Bertz CT molecular complexity index is 892. The summed E-state index contributed by atoms with van der Waals surface area (Å²) in [6, 6.07) is 17.0. The molecule has 0 bridgehead atoms. The van der Waals surface area contributed by atoms with E-state index in [1.54, 1.807) is 0 Å². The molecule has 0 saturated carbocycles. The van der Waals surface area contributed by atoms with E-state index >= 15 is 0 Å². The van der Waals surface area contributed by atoms with Crippen molar-refractivity contribution in [1.82, 2.24) is 0 Å². The molecule has 33 heavy (non-hydrogen) atoms. The molecule has 1 aliphatic rings. The summed E-state index contributed by atoms with van der Waals surface area (Å²) < 4.78 is 6.38. The first-order valence-electron chi connectivity index (χ1n) is 12.5. The monoisotopic (exact) mass is 446 g/mol. The molecule has 1 aliphatic carbocycles. The van der Waals surface area contributed by atoms with E-state index in [1.807, 2.05) is 18.2 Å². The van der Waals surface area contributed by atoms with Crippen LogP contribution in [0.2, 0.25) is 0 Å². The van der Waals surface area contributed by atoms with Crippen LogP contribution in [0, 0.1) is 0 Å². The molecule has 2 nitrogen and oxygen atoms in total. The molecule has 0 radical (unpaired) electrons. The number of Topliss-reactive ketones (excluding diaryl/α,β-unsaturated/α-hetero) is 1. The lowest BCUT2D eigenvalue weighted by atomic mass is 9.79. The third-order valence-corrected chi connectivity index (χ3v) is 6.44. The van der Waals surface area contributed by atoms with Crippen molar-refractivity contribution in [2.45, 2.75) is 90.6 Å². The minimum absolute atomic E-state index is 0.102. The van der Waals surface area contributed by atoms with Gasteiger partial charge in [0.05, 0.1) is 0 Å². The molecule has 178 valence electrons. The van der Waals surface area contributed by atoms with Gasteiger partial charge in [-0.25, -0.2) is 0 Å². The molecule has 0 N–H and O–H groups in total. The van der Waals surface area contributed by atoms with Crippen LogP contribution >= 0.6 is 0 Å². The van der Waals surface area contributed by atoms with Crippen LogP contribution in [0.1, 0.15) is 95.2 Å². The summed E-state index contributed by atoms with van der Waals surface area (Å²) in [6.07, 6.45) is 11.6. The first-order valence-corrected chi connectivity index (χ1v) is 12.5. The highest BCUT2D eigenvalue weighted by Gasteiger charge is 2.23. The van der Waals surface area contributed by atoms with Gasteiger partial charge in [-0.05, 0) is 47.4 Å². The summed E-state index contributed by atoms with van der Waals surface area (Å²) >= 11 is 0. The lowest BCUT2D eigenvalue weighted by Crippen LogP contribution is -2.17. The SMILES string of the molecule is C=C.CCCCCCC(C)(C)c1ccc(C2=CCCCC(=O)C2)c(OCc2ccccc2)c1. The van der Waals surface area contributed by atoms with Crippen molar-refractivity contribution in [1.29, 1.82) is 0 Å². The first-order chi connectivity index (χ1) is 16.0. The molecule has 0 heterocycles.